The second-order valence-corrected chi connectivity index (χ2v) is 4.62. The molecule has 1 aromatic rings. The molecule has 0 radical (unpaired) electrons. The van der Waals surface area contributed by atoms with E-state index in [2.05, 4.69) is 15.9 Å². The minimum absolute atomic E-state index is 0.0903. The maximum absolute atomic E-state index is 13.4. The highest BCUT2D eigenvalue weighted by atomic mass is 79.9. The minimum Gasteiger partial charge on any atom is -0.395 e. The predicted octanol–water partition coefficient (Wildman–Crippen LogP) is 3.00. The SMILES string of the molecule is CC(C)(CO)c1ccc(Br)c(F)c1F. The van der Waals surface area contributed by atoms with Crippen LogP contribution in [0.25, 0.3) is 0 Å². The molecule has 0 saturated carbocycles. The van der Waals surface area contributed by atoms with E-state index < -0.39 is 17.0 Å². The van der Waals surface area contributed by atoms with Gasteiger partial charge in [-0.3, -0.25) is 0 Å². The lowest BCUT2D eigenvalue weighted by molar-refractivity contribution is 0.214. The molecule has 0 fully saturated rings. The summed E-state index contributed by atoms with van der Waals surface area (Å²) < 4.78 is 26.7. The van der Waals surface area contributed by atoms with E-state index in [-0.39, 0.29) is 16.6 Å². The van der Waals surface area contributed by atoms with Crippen LogP contribution in [-0.4, -0.2) is 11.7 Å². The first-order valence-corrected chi connectivity index (χ1v) is 4.94. The summed E-state index contributed by atoms with van der Waals surface area (Å²) >= 11 is 2.89. The molecule has 0 heterocycles. The molecule has 78 valence electrons. The second-order valence-electron chi connectivity index (χ2n) is 3.76. The first-order chi connectivity index (χ1) is 6.40. The van der Waals surface area contributed by atoms with Gasteiger partial charge in [-0.2, -0.15) is 0 Å². The van der Waals surface area contributed by atoms with Crippen LogP contribution in [0.4, 0.5) is 8.78 Å². The molecule has 0 aliphatic carbocycles. The van der Waals surface area contributed by atoms with Crippen molar-refractivity contribution in [2.75, 3.05) is 6.61 Å². The number of benzene rings is 1. The van der Waals surface area contributed by atoms with Gasteiger partial charge in [0.1, 0.15) is 0 Å². The van der Waals surface area contributed by atoms with E-state index in [9.17, 15) is 8.78 Å². The molecule has 14 heavy (non-hydrogen) atoms. The lowest BCUT2D eigenvalue weighted by Crippen LogP contribution is -2.24. The first-order valence-electron chi connectivity index (χ1n) is 4.15. The predicted molar refractivity (Wildman–Crippen MR) is 54.2 cm³/mol. The zero-order valence-electron chi connectivity index (χ0n) is 7.94. The van der Waals surface area contributed by atoms with Crippen LogP contribution >= 0.6 is 15.9 Å². The van der Waals surface area contributed by atoms with Gasteiger partial charge < -0.3 is 5.11 Å². The average molecular weight is 265 g/mol. The standard InChI is InChI=1S/C10H11BrF2O/c1-10(2,5-14)6-3-4-7(11)9(13)8(6)12/h3-4,14H,5H2,1-2H3. The van der Waals surface area contributed by atoms with E-state index in [0.717, 1.165) is 0 Å². The van der Waals surface area contributed by atoms with Crippen molar-refractivity contribution in [1.82, 2.24) is 0 Å². The second kappa shape index (κ2) is 3.95. The number of aliphatic hydroxyl groups is 1. The van der Waals surface area contributed by atoms with Gasteiger partial charge >= 0.3 is 0 Å². The van der Waals surface area contributed by atoms with Gasteiger partial charge in [-0.1, -0.05) is 19.9 Å². The molecule has 0 unspecified atom stereocenters. The highest BCUT2D eigenvalue weighted by molar-refractivity contribution is 9.10. The summed E-state index contributed by atoms with van der Waals surface area (Å²) in [6, 6.07) is 2.91. The summed E-state index contributed by atoms with van der Waals surface area (Å²) in [5, 5.41) is 9.03. The molecule has 0 aliphatic rings. The van der Waals surface area contributed by atoms with E-state index in [1.807, 2.05) is 0 Å². The Labute approximate surface area is 89.9 Å². The van der Waals surface area contributed by atoms with Gasteiger partial charge in [0.05, 0.1) is 11.1 Å². The summed E-state index contributed by atoms with van der Waals surface area (Å²) in [4.78, 5) is 0. The van der Waals surface area contributed by atoms with Crippen molar-refractivity contribution < 1.29 is 13.9 Å². The number of aliphatic hydroxyl groups excluding tert-OH is 1. The van der Waals surface area contributed by atoms with Crippen molar-refractivity contribution >= 4 is 15.9 Å². The van der Waals surface area contributed by atoms with Gasteiger partial charge in [0.15, 0.2) is 11.6 Å². The molecule has 1 nitrogen and oxygen atoms in total. The van der Waals surface area contributed by atoms with Crippen LogP contribution in [0.3, 0.4) is 0 Å². The van der Waals surface area contributed by atoms with Crippen molar-refractivity contribution in [2.24, 2.45) is 0 Å². The Bertz CT molecular complexity index is 350. The molecule has 1 aromatic carbocycles. The molecular weight excluding hydrogens is 254 g/mol. The number of rotatable bonds is 2. The fraction of sp³-hybridized carbons (Fsp3) is 0.400. The topological polar surface area (TPSA) is 20.2 Å². The molecule has 0 amide bonds. The number of hydrogen-bond donors (Lipinski definition) is 1. The van der Waals surface area contributed by atoms with Crippen LogP contribution < -0.4 is 0 Å². The fourth-order valence-corrected chi connectivity index (χ4v) is 1.44. The van der Waals surface area contributed by atoms with Gasteiger partial charge in [0, 0.05) is 5.41 Å². The lowest BCUT2D eigenvalue weighted by Gasteiger charge is -2.23. The summed E-state index contributed by atoms with van der Waals surface area (Å²) in [5.41, 5.74) is -0.591. The summed E-state index contributed by atoms with van der Waals surface area (Å²) in [5.74, 6) is -1.82. The van der Waals surface area contributed by atoms with Crippen LogP contribution in [-0.2, 0) is 5.41 Å². The zero-order valence-corrected chi connectivity index (χ0v) is 9.53. The van der Waals surface area contributed by atoms with Gasteiger partial charge in [-0.25, -0.2) is 8.78 Å². The Morgan fingerprint density at radius 1 is 1.29 bits per heavy atom. The van der Waals surface area contributed by atoms with Crippen molar-refractivity contribution in [1.29, 1.82) is 0 Å². The van der Waals surface area contributed by atoms with Gasteiger partial charge in [-0.15, -0.1) is 0 Å². The Morgan fingerprint density at radius 2 is 1.86 bits per heavy atom. The van der Waals surface area contributed by atoms with E-state index in [4.69, 9.17) is 5.11 Å². The average Bonchev–Trinajstić information content (AvgIpc) is 2.14. The zero-order chi connectivity index (χ0) is 10.9. The molecule has 0 aliphatic heterocycles. The van der Waals surface area contributed by atoms with Crippen LogP contribution in [0.1, 0.15) is 19.4 Å². The Kier molecular flexibility index (Phi) is 3.27. The third kappa shape index (κ3) is 1.96. The molecule has 1 N–H and O–H groups in total. The highest BCUT2D eigenvalue weighted by Gasteiger charge is 2.25. The molecule has 0 saturated heterocycles. The smallest absolute Gasteiger partial charge is 0.173 e. The monoisotopic (exact) mass is 264 g/mol. The summed E-state index contributed by atoms with van der Waals surface area (Å²) in [6.07, 6.45) is 0. The van der Waals surface area contributed by atoms with Crippen molar-refractivity contribution in [3.05, 3.63) is 33.8 Å². The number of hydrogen-bond acceptors (Lipinski definition) is 1. The largest absolute Gasteiger partial charge is 0.395 e. The molecule has 0 bridgehead atoms. The molecule has 1 rings (SSSR count). The Morgan fingerprint density at radius 3 is 2.36 bits per heavy atom. The molecule has 4 heteroatoms. The van der Waals surface area contributed by atoms with E-state index in [1.54, 1.807) is 13.8 Å². The van der Waals surface area contributed by atoms with Gasteiger partial charge in [-0.05, 0) is 27.6 Å². The van der Waals surface area contributed by atoms with Crippen molar-refractivity contribution in [3.8, 4) is 0 Å². The summed E-state index contributed by atoms with van der Waals surface area (Å²) in [6.45, 7) is 3.07. The normalized spacial score (nSPS) is 11.9. The molecular formula is C10H11BrF2O. The Hall–Kier alpha value is -0.480. The van der Waals surface area contributed by atoms with E-state index in [0.29, 0.717) is 0 Å². The number of halogens is 3. The maximum Gasteiger partial charge on any atom is 0.173 e. The van der Waals surface area contributed by atoms with Crippen LogP contribution in [0.5, 0.6) is 0 Å². The van der Waals surface area contributed by atoms with Crippen LogP contribution in [0.2, 0.25) is 0 Å². The highest BCUT2D eigenvalue weighted by Crippen LogP contribution is 2.29. The Balaban J connectivity index is 3.31. The third-order valence-electron chi connectivity index (χ3n) is 2.16. The van der Waals surface area contributed by atoms with Gasteiger partial charge in [0.25, 0.3) is 0 Å². The molecule has 0 aromatic heterocycles. The van der Waals surface area contributed by atoms with Crippen molar-refractivity contribution in [2.45, 2.75) is 19.3 Å². The minimum atomic E-state index is -0.913. The first kappa shape index (κ1) is 11.6. The molecule has 0 spiro atoms. The van der Waals surface area contributed by atoms with Gasteiger partial charge in [0.2, 0.25) is 0 Å². The van der Waals surface area contributed by atoms with Crippen LogP contribution in [0.15, 0.2) is 16.6 Å². The van der Waals surface area contributed by atoms with E-state index >= 15 is 0 Å². The third-order valence-corrected chi connectivity index (χ3v) is 2.77. The molecule has 0 atom stereocenters. The van der Waals surface area contributed by atoms with E-state index in [1.165, 1.54) is 12.1 Å². The van der Waals surface area contributed by atoms with Crippen LogP contribution in [0, 0.1) is 11.6 Å². The fourth-order valence-electron chi connectivity index (χ4n) is 1.13. The van der Waals surface area contributed by atoms with Crippen molar-refractivity contribution in [3.63, 3.8) is 0 Å². The summed E-state index contributed by atoms with van der Waals surface area (Å²) in [7, 11) is 0. The quantitative estimate of drug-likeness (QED) is 0.815. The maximum atomic E-state index is 13.4. The lowest BCUT2D eigenvalue weighted by atomic mass is 9.85.